The van der Waals surface area contributed by atoms with Crippen molar-refractivity contribution < 1.29 is 4.84 Å². The maximum Gasteiger partial charge on any atom is 0.152 e. The number of hydrogen-bond acceptors (Lipinski definition) is 2. The molecule has 1 spiro atoms. The Balaban J connectivity index is 1.98. The van der Waals surface area contributed by atoms with Crippen molar-refractivity contribution in [1.82, 2.24) is 0 Å². The molecule has 0 aromatic rings. The molecule has 14 heavy (non-hydrogen) atoms. The number of hydrogen-bond donors (Lipinski definition) is 0. The van der Waals surface area contributed by atoms with Crippen molar-refractivity contribution in [3.05, 3.63) is 12.2 Å². The van der Waals surface area contributed by atoms with E-state index in [9.17, 15) is 0 Å². The molecule has 4 atom stereocenters. The molecule has 0 saturated heterocycles. The van der Waals surface area contributed by atoms with Crippen molar-refractivity contribution in [2.75, 3.05) is 0 Å². The Morgan fingerprint density at radius 2 is 2.29 bits per heavy atom. The van der Waals surface area contributed by atoms with Crippen molar-refractivity contribution in [3.8, 4) is 0 Å². The van der Waals surface area contributed by atoms with E-state index in [1.54, 1.807) is 0 Å². The molecule has 1 aliphatic heterocycles. The summed E-state index contributed by atoms with van der Waals surface area (Å²) in [6.45, 7) is 2.28. The minimum Gasteiger partial charge on any atom is -0.388 e. The molecule has 4 rings (SSSR count). The average Bonchev–Trinajstić information content (AvgIpc) is 2.83. The smallest absolute Gasteiger partial charge is 0.152 e. The van der Waals surface area contributed by atoms with Gasteiger partial charge in [0, 0.05) is 5.92 Å². The molecule has 4 aliphatic rings. The molecule has 0 N–H and O–H groups in total. The molecule has 2 heteroatoms. The van der Waals surface area contributed by atoms with Gasteiger partial charge in [0.25, 0.3) is 0 Å². The topological polar surface area (TPSA) is 21.6 Å². The zero-order chi connectivity index (χ0) is 9.39. The van der Waals surface area contributed by atoms with E-state index in [2.05, 4.69) is 24.2 Å². The third-order valence-corrected chi connectivity index (χ3v) is 5.16. The second-order valence-corrected chi connectivity index (χ2v) is 5.39. The molecule has 2 bridgehead atoms. The van der Waals surface area contributed by atoms with Gasteiger partial charge in [-0.25, -0.2) is 0 Å². The van der Waals surface area contributed by atoms with Gasteiger partial charge in [0.1, 0.15) is 0 Å². The fourth-order valence-corrected chi connectivity index (χ4v) is 4.43. The first kappa shape index (κ1) is 7.49. The van der Waals surface area contributed by atoms with E-state index in [4.69, 9.17) is 4.84 Å². The molecular formula is C12H15NO. The van der Waals surface area contributed by atoms with E-state index in [-0.39, 0.29) is 5.60 Å². The fourth-order valence-electron chi connectivity index (χ4n) is 4.43. The zero-order valence-electron chi connectivity index (χ0n) is 8.49. The summed E-state index contributed by atoms with van der Waals surface area (Å²) in [6, 6.07) is 0. The van der Waals surface area contributed by atoms with Gasteiger partial charge in [0.15, 0.2) is 5.60 Å². The molecule has 0 aromatic heterocycles. The van der Waals surface area contributed by atoms with Gasteiger partial charge in [0.05, 0.1) is 11.1 Å². The van der Waals surface area contributed by atoms with E-state index in [0.29, 0.717) is 11.3 Å². The van der Waals surface area contributed by atoms with Gasteiger partial charge >= 0.3 is 0 Å². The van der Waals surface area contributed by atoms with E-state index in [0.717, 1.165) is 5.92 Å². The van der Waals surface area contributed by atoms with Gasteiger partial charge in [-0.05, 0) is 38.5 Å². The Labute approximate surface area is 84.0 Å². The van der Waals surface area contributed by atoms with E-state index < -0.39 is 0 Å². The second-order valence-electron chi connectivity index (χ2n) is 5.39. The predicted molar refractivity (Wildman–Crippen MR) is 53.9 cm³/mol. The highest BCUT2D eigenvalue weighted by molar-refractivity contribution is 5.95. The van der Waals surface area contributed by atoms with Crippen LogP contribution in [0.25, 0.3) is 0 Å². The third kappa shape index (κ3) is 0.503. The summed E-state index contributed by atoms with van der Waals surface area (Å²) in [6.07, 6.45) is 9.86. The lowest BCUT2D eigenvalue weighted by atomic mass is 9.64. The van der Waals surface area contributed by atoms with Crippen LogP contribution in [-0.4, -0.2) is 11.3 Å². The Kier molecular flexibility index (Phi) is 1.03. The van der Waals surface area contributed by atoms with Crippen LogP contribution in [0.4, 0.5) is 0 Å². The summed E-state index contributed by atoms with van der Waals surface area (Å²) in [5.74, 6) is 1.34. The number of rotatable bonds is 0. The standard InChI is InChI=1S/C12H15NO/c1-11-8-4-5-9(7-8)12(11)6-2-3-10(12)13-14-11/h4-5,8-9H,2-3,6-7H2,1H3/t8-,9+,11+,12+/m0/s1. The Morgan fingerprint density at radius 1 is 1.43 bits per heavy atom. The van der Waals surface area contributed by atoms with Crippen molar-refractivity contribution in [3.63, 3.8) is 0 Å². The van der Waals surface area contributed by atoms with Crippen LogP contribution in [0, 0.1) is 17.3 Å². The molecular weight excluding hydrogens is 174 g/mol. The fraction of sp³-hybridized carbons (Fsp3) is 0.750. The average molecular weight is 189 g/mol. The lowest BCUT2D eigenvalue weighted by molar-refractivity contribution is -0.0787. The summed E-state index contributed by atoms with van der Waals surface area (Å²) in [7, 11) is 0. The first-order valence-electron chi connectivity index (χ1n) is 5.71. The summed E-state index contributed by atoms with van der Waals surface area (Å²) in [5, 5.41) is 4.36. The zero-order valence-corrected chi connectivity index (χ0v) is 8.49. The predicted octanol–water partition coefficient (Wildman–Crippen LogP) is 2.51. The molecule has 1 heterocycles. The summed E-state index contributed by atoms with van der Waals surface area (Å²) >= 11 is 0. The van der Waals surface area contributed by atoms with Gasteiger partial charge in [0.2, 0.25) is 0 Å². The first-order chi connectivity index (χ1) is 6.77. The molecule has 0 unspecified atom stereocenters. The molecule has 2 fully saturated rings. The highest BCUT2D eigenvalue weighted by atomic mass is 16.7. The molecule has 0 amide bonds. The van der Waals surface area contributed by atoms with Crippen molar-refractivity contribution >= 4 is 5.71 Å². The number of nitrogens with zero attached hydrogens (tertiary/aromatic N) is 1. The number of oxime groups is 1. The van der Waals surface area contributed by atoms with Gasteiger partial charge in [-0.15, -0.1) is 0 Å². The molecule has 2 saturated carbocycles. The monoisotopic (exact) mass is 189 g/mol. The SMILES string of the molecule is C[C@]12ON=C3CCC[C@@]31[C@@H]1C=C[C@H]2C1. The van der Waals surface area contributed by atoms with Gasteiger partial charge in [-0.2, -0.15) is 0 Å². The van der Waals surface area contributed by atoms with E-state index in [1.807, 2.05) is 0 Å². The van der Waals surface area contributed by atoms with Crippen LogP contribution in [0.3, 0.4) is 0 Å². The third-order valence-electron chi connectivity index (χ3n) is 5.16. The minimum atomic E-state index is 0.0122. The van der Waals surface area contributed by atoms with Crippen LogP contribution in [0.5, 0.6) is 0 Å². The van der Waals surface area contributed by atoms with Crippen molar-refractivity contribution in [2.24, 2.45) is 22.4 Å². The summed E-state index contributed by atoms with van der Waals surface area (Å²) in [4.78, 5) is 5.79. The van der Waals surface area contributed by atoms with Crippen LogP contribution in [0.1, 0.15) is 32.6 Å². The molecule has 3 aliphatic carbocycles. The molecule has 0 aromatic carbocycles. The summed E-state index contributed by atoms with van der Waals surface area (Å²) in [5.41, 5.74) is 1.70. The van der Waals surface area contributed by atoms with E-state index in [1.165, 1.54) is 31.4 Å². The van der Waals surface area contributed by atoms with Gasteiger partial charge in [-0.3, -0.25) is 0 Å². The first-order valence-corrected chi connectivity index (χ1v) is 5.71. The van der Waals surface area contributed by atoms with Crippen LogP contribution < -0.4 is 0 Å². The van der Waals surface area contributed by atoms with E-state index >= 15 is 0 Å². The quantitative estimate of drug-likeness (QED) is 0.536. The maximum absolute atomic E-state index is 5.79. The van der Waals surface area contributed by atoms with Crippen molar-refractivity contribution in [1.29, 1.82) is 0 Å². The van der Waals surface area contributed by atoms with Crippen LogP contribution in [0.15, 0.2) is 17.3 Å². The Morgan fingerprint density at radius 3 is 3.21 bits per heavy atom. The second kappa shape index (κ2) is 1.93. The highest BCUT2D eigenvalue weighted by Gasteiger charge is 2.71. The normalized spacial score (nSPS) is 57.1. The molecule has 0 radical (unpaired) electrons. The largest absolute Gasteiger partial charge is 0.388 e. The van der Waals surface area contributed by atoms with Crippen molar-refractivity contribution in [2.45, 2.75) is 38.2 Å². The number of allylic oxidation sites excluding steroid dienone is 1. The number of fused-ring (bicyclic) bond motifs is 3. The molecule has 74 valence electrons. The lowest BCUT2D eigenvalue weighted by Gasteiger charge is -2.40. The molecule has 2 nitrogen and oxygen atoms in total. The van der Waals surface area contributed by atoms with Crippen LogP contribution in [-0.2, 0) is 4.84 Å². The lowest BCUT2D eigenvalue weighted by Crippen LogP contribution is -2.48. The van der Waals surface area contributed by atoms with Gasteiger partial charge < -0.3 is 4.84 Å². The minimum absolute atomic E-state index is 0.0122. The van der Waals surface area contributed by atoms with Crippen LogP contribution >= 0.6 is 0 Å². The Hall–Kier alpha value is -0.790. The Bertz CT molecular complexity index is 373. The van der Waals surface area contributed by atoms with Gasteiger partial charge in [-0.1, -0.05) is 17.3 Å². The highest BCUT2D eigenvalue weighted by Crippen LogP contribution is 2.67. The maximum atomic E-state index is 5.79. The summed E-state index contributed by atoms with van der Waals surface area (Å²) < 4.78 is 0. The van der Waals surface area contributed by atoms with Crippen LogP contribution in [0.2, 0.25) is 0 Å².